The molecule has 0 saturated heterocycles. The molecule has 1 nitrogen and oxygen atoms in total. The van der Waals surface area contributed by atoms with E-state index in [-0.39, 0.29) is 0 Å². The fourth-order valence-corrected chi connectivity index (χ4v) is 3.38. The molecular formula is C15H14Cl3NS. The number of hydrogen-bond donors (Lipinski definition) is 0. The zero-order valence-electron chi connectivity index (χ0n) is 11.2. The van der Waals surface area contributed by atoms with Crippen molar-refractivity contribution in [3.8, 4) is 0 Å². The van der Waals surface area contributed by atoms with Gasteiger partial charge in [-0.15, -0.1) is 0 Å². The minimum Gasteiger partial charge on any atom is -0.305 e. The molecule has 0 N–H and O–H groups in total. The SMILES string of the molecule is CN(C)Cc1ccc(Cl)cc1Sc1ccc(Cl)c(Cl)c1. The van der Waals surface area contributed by atoms with E-state index >= 15 is 0 Å². The number of benzene rings is 2. The van der Waals surface area contributed by atoms with Gasteiger partial charge in [0.15, 0.2) is 0 Å². The number of halogens is 3. The van der Waals surface area contributed by atoms with Gasteiger partial charge >= 0.3 is 0 Å². The molecule has 20 heavy (non-hydrogen) atoms. The number of hydrogen-bond acceptors (Lipinski definition) is 2. The van der Waals surface area contributed by atoms with E-state index in [1.165, 1.54) is 5.56 Å². The molecule has 2 aromatic carbocycles. The Labute approximate surface area is 138 Å². The van der Waals surface area contributed by atoms with E-state index < -0.39 is 0 Å². The van der Waals surface area contributed by atoms with Gasteiger partial charge in [0.25, 0.3) is 0 Å². The molecule has 0 heterocycles. The molecule has 0 fully saturated rings. The maximum atomic E-state index is 6.10. The van der Waals surface area contributed by atoms with Crippen molar-refractivity contribution in [3.05, 3.63) is 57.0 Å². The summed E-state index contributed by atoms with van der Waals surface area (Å²) in [6.45, 7) is 0.862. The third-order valence-corrected chi connectivity index (χ3v) is 4.70. The van der Waals surface area contributed by atoms with Crippen LogP contribution in [0.25, 0.3) is 0 Å². The van der Waals surface area contributed by atoms with Crippen LogP contribution in [0.2, 0.25) is 15.1 Å². The van der Waals surface area contributed by atoms with E-state index in [0.29, 0.717) is 10.0 Å². The third-order valence-electron chi connectivity index (χ3n) is 2.63. The summed E-state index contributed by atoms with van der Waals surface area (Å²) in [4.78, 5) is 4.30. The first kappa shape index (κ1) is 16.0. The van der Waals surface area contributed by atoms with Gasteiger partial charge in [-0.05, 0) is 50.0 Å². The van der Waals surface area contributed by atoms with Gasteiger partial charge < -0.3 is 4.90 Å². The van der Waals surface area contributed by atoms with E-state index in [1.54, 1.807) is 11.8 Å². The maximum Gasteiger partial charge on any atom is 0.0603 e. The van der Waals surface area contributed by atoms with Crippen LogP contribution in [0.3, 0.4) is 0 Å². The van der Waals surface area contributed by atoms with Crippen molar-refractivity contribution in [2.45, 2.75) is 16.3 Å². The molecule has 0 aliphatic heterocycles. The fourth-order valence-electron chi connectivity index (χ4n) is 1.76. The summed E-state index contributed by atoms with van der Waals surface area (Å²) in [5, 5.41) is 1.86. The second-order valence-electron chi connectivity index (χ2n) is 4.67. The van der Waals surface area contributed by atoms with Gasteiger partial charge in [-0.1, -0.05) is 52.6 Å². The summed E-state index contributed by atoms with van der Waals surface area (Å²) in [5.74, 6) is 0. The van der Waals surface area contributed by atoms with Crippen LogP contribution in [0.1, 0.15) is 5.56 Å². The van der Waals surface area contributed by atoms with E-state index in [2.05, 4.69) is 11.0 Å². The highest BCUT2D eigenvalue weighted by molar-refractivity contribution is 7.99. The highest BCUT2D eigenvalue weighted by Gasteiger charge is 2.08. The van der Waals surface area contributed by atoms with Crippen LogP contribution < -0.4 is 0 Å². The zero-order valence-corrected chi connectivity index (χ0v) is 14.2. The molecule has 0 aromatic heterocycles. The molecule has 0 saturated carbocycles. The molecule has 0 bridgehead atoms. The Bertz CT molecular complexity index is 614. The van der Waals surface area contributed by atoms with Gasteiger partial charge in [-0.2, -0.15) is 0 Å². The Morgan fingerprint density at radius 3 is 2.35 bits per heavy atom. The Hall–Kier alpha value is -0.380. The smallest absolute Gasteiger partial charge is 0.0603 e. The normalized spacial score (nSPS) is 11.1. The Morgan fingerprint density at radius 1 is 0.950 bits per heavy atom. The lowest BCUT2D eigenvalue weighted by Crippen LogP contribution is -2.11. The van der Waals surface area contributed by atoms with E-state index in [1.807, 2.05) is 44.4 Å². The van der Waals surface area contributed by atoms with Crippen molar-refractivity contribution in [1.29, 1.82) is 0 Å². The summed E-state index contributed by atoms with van der Waals surface area (Å²) in [5.41, 5.74) is 1.23. The second kappa shape index (κ2) is 7.06. The summed E-state index contributed by atoms with van der Waals surface area (Å²) >= 11 is 19.7. The quantitative estimate of drug-likeness (QED) is 0.682. The average Bonchev–Trinajstić information content (AvgIpc) is 2.37. The molecule has 0 aliphatic carbocycles. The van der Waals surface area contributed by atoms with Crippen LogP contribution in [-0.2, 0) is 6.54 Å². The van der Waals surface area contributed by atoms with Crippen LogP contribution >= 0.6 is 46.6 Å². The number of nitrogens with zero attached hydrogens (tertiary/aromatic N) is 1. The molecule has 0 amide bonds. The van der Waals surface area contributed by atoms with Crippen molar-refractivity contribution < 1.29 is 0 Å². The summed E-state index contributed by atoms with van der Waals surface area (Å²) in [6, 6.07) is 11.6. The second-order valence-corrected chi connectivity index (χ2v) is 7.03. The highest BCUT2D eigenvalue weighted by atomic mass is 35.5. The van der Waals surface area contributed by atoms with Gasteiger partial charge in [0.05, 0.1) is 10.0 Å². The molecular weight excluding hydrogens is 333 g/mol. The molecule has 2 rings (SSSR count). The molecule has 0 radical (unpaired) electrons. The molecule has 0 atom stereocenters. The van der Waals surface area contributed by atoms with Crippen LogP contribution in [0, 0.1) is 0 Å². The molecule has 0 unspecified atom stereocenters. The predicted molar refractivity (Wildman–Crippen MR) is 89.4 cm³/mol. The molecule has 0 aliphatic rings. The van der Waals surface area contributed by atoms with Crippen molar-refractivity contribution in [3.63, 3.8) is 0 Å². The van der Waals surface area contributed by atoms with Gasteiger partial charge in [0.1, 0.15) is 0 Å². The van der Waals surface area contributed by atoms with Crippen LogP contribution in [0.5, 0.6) is 0 Å². The van der Waals surface area contributed by atoms with Crippen molar-refractivity contribution >= 4 is 46.6 Å². The summed E-state index contributed by atoms with van der Waals surface area (Å²) in [7, 11) is 4.09. The summed E-state index contributed by atoms with van der Waals surface area (Å²) in [6.07, 6.45) is 0. The molecule has 5 heteroatoms. The topological polar surface area (TPSA) is 3.24 Å². The minimum atomic E-state index is 0.563. The zero-order chi connectivity index (χ0) is 14.7. The predicted octanol–water partition coefficient (Wildman–Crippen LogP) is 5.86. The van der Waals surface area contributed by atoms with Crippen molar-refractivity contribution in [2.75, 3.05) is 14.1 Å². The lowest BCUT2D eigenvalue weighted by atomic mass is 10.2. The van der Waals surface area contributed by atoms with Gasteiger partial charge in [-0.25, -0.2) is 0 Å². The minimum absolute atomic E-state index is 0.563. The summed E-state index contributed by atoms with van der Waals surface area (Å²) < 4.78 is 0. The first-order valence-electron chi connectivity index (χ1n) is 6.02. The first-order valence-corrected chi connectivity index (χ1v) is 7.97. The molecule has 106 valence electrons. The largest absolute Gasteiger partial charge is 0.305 e. The Kier molecular flexibility index (Phi) is 5.65. The first-order chi connectivity index (χ1) is 9.45. The van der Waals surface area contributed by atoms with E-state index in [4.69, 9.17) is 34.8 Å². The molecule has 2 aromatic rings. The third kappa shape index (κ3) is 4.31. The van der Waals surface area contributed by atoms with Crippen LogP contribution in [-0.4, -0.2) is 19.0 Å². The van der Waals surface area contributed by atoms with E-state index in [0.717, 1.165) is 21.4 Å². The van der Waals surface area contributed by atoms with Gasteiger partial charge in [0.2, 0.25) is 0 Å². The standard InChI is InChI=1S/C15H14Cl3NS/c1-19(2)9-10-3-4-11(16)7-15(10)20-12-5-6-13(17)14(18)8-12/h3-8H,9H2,1-2H3. The number of rotatable bonds is 4. The highest BCUT2D eigenvalue weighted by Crippen LogP contribution is 2.35. The van der Waals surface area contributed by atoms with E-state index in [9.17, 15) is 0 Å². The van der Waals surface area contributed by atoms with Crippen LogP contribution in [0.4, 0.5) is 0 Å². The molecule has 0 spiro atoms. The Morgan fingerprint density at radius 2 is 1.70 bits per heavy atom. The van der Waals surface area contributed by atoms with Gasteiger partial charge in [-0.3, -0.25) is 0 Å². The average molecular weight is 347 g/mol. The lowest BCUT2D eigenvalue weighted by molar-refractivity contribution is 0.399. The van der Waals surface area contributed by atoms with Gasteiger partial charge in [0, 0.05) is 21.4 Å². The lowest BCUT2D eigenvalue weighted by Gasteiger charge is -2.14. The van der Waals surface area contributed by atoms with Crippen LogP contribution in [0.15, 0.2) is 46.2 Å². The monoisotopic (exact) mass is 345 g/mol. The fraction of sp³-hybridized carbons (Fsp3) is 0.200. The maximum absolute atomic E-state index is 6.10. The van der Waals surface area contributed by atoms with Crippen molar-refractivity contribution in [1.82, 2.24) is 4.90 Å². The van der Waals surface area contributed by atoms with Crippen molar-refractivity contribution in [2.24, 2.45) is 0 Å². The Balaban J connectivity index is 2.31.